The molecule has 166 valence electrons. The first-order valence-corrected chi connectivity index (χ1v) is 10.2. The van der Waals surface area contributed by atoms with Crippen LogP contribution in [0.15, 0.2) is 47.5 Å². The lowest BCUT2D eigenvalue weighted by Crippen LogP contribution is -2.36. The Labute approximate surface area is 185 Å². The van der Waals surface area contributed by atoms with Crippen LogP contribution in [0.5, 0.6) is 11.5 Å². The van der Waals surface area contributed by atoms with Gasteiger partial charge in [-0.3, -0.25) is 14.8 Å². The summed E-state index contributed by atoms with van der Waals surface area (Å²) in [5.74, 6) is 0.519. The standard InChI is InChI=1S/C23H24FN5O3/c1-14-19(15(2)29(3)28-14)13-25-23(27-22(30)16-5-4-6-17(24)11-16)26-18-7-8-20-21(12-18)32-10-9-31-20/h4-8,11-12H,9-10,13H2,1-3H3,(H2,25,26,27,30). The Morgan fingerprint density at radius 1 is 1.16 bits per heavy atom. The summed E-state index contributed by atoms with van der Waals surface area (Å²) < 4.78 is 26.5. The number of nitrogens with zero attached hydrogens (tertiary/aromatic N) is 3. The third kappa shape index (κ3) is 4.72. The number of aromatic nitrogens is 2. The number of benzene rings is 2. The zero-order valence-corrected chi connectivity index (χ0v) is 18.1. The Kier molecular flexibility index (Phi) is 6.07. The van der Waals surface area contributed by atoms with Crippen molar-refractivity contribution in [3.63, 3.8) is 0 Å². The van der Waals surface area contributed by atoms with E-state index in [1.807, 2.05) is 20.9 Å². The van der Waals surface area contributed by atoms with Gasteiger partial charge in [-0.25, -0.2) is 9.38 Å². The Morgan fingerprint density at radius 2 is 1.94 bits per heavy atom. The highest BCUT2D eigenvalue weighted by molar-refractivity contribution is 6.10. The molecule has 2 aromatic carbocycles. The molecular formula is C23H24FN5O3. The second-order valence-corrected chi connectivity index (χ2v) is 7.39. The molecule has 2 N–H and O–H groups in total. The fourth-order valence-electron chi connectivity index (χ4n) is 3.38. The van der Waals surface area contributed by atoms with Gasteiger partial charge in [-0.2, -0.15) is 5.10 Å². The van der Waals surface area contributed by atoms with E-state index in [0.717, 1.165) is 17.0 Å². The van der Waals surface area contributed by atoms with Crippen molar-refractivity contribution < 1.29 is 18.7 Å². The van der Waals surface area contributed by atoms with Crippen LogP contribution in [0.25, 0.3) is 0 Å². The quantitative estimate of drug-likeness (QED) is 0.483. The summed E-state index contributed by atoms with van der Waals surface area (Å²) >= 11 is 0. The minimum absolute atomic E-state index is 0.190. The minimum atomic E-state index is -0.488. The molecule has 1 aromatic heterocycles. The van der Waals surface area contributed by atoms with Gasteiger partial charge in [-0.15, -0.1) is 0 Å². The van der Waals surface area contributed by atoms with Gasteiger partial charge < -0.3 is 14.8 Å². The van der Waals surface area contributed by atoms with E-state index in [4.69, 9.17) is 9.47 Å². The lowest BCUT2D eigenvalue weighted by atomic mass is 10.2. The summed E-state index contributed by atoms with van der Waals surface area (Å²) in [7, 11) is 1.87. The van der Waals surface area contributed by atoms with Crippen LogP contribution in [-0.4, -0.2) is 34.9 Å². The molecule has 0 atom stereocenters. The first-order valence-electron chi connectivity index (χ1n) is 10.2. The maximum atomic E-state index is 13.6. The molecule has 0 unspecified atom stereocenters. The highest BCUT2D eigenvalue weighted by Gasteiger charge is 2.15. The number of amides is 1. The number of nitrogens with one attached hydrogen (secondary N) is 2. The molecule has 0 saturated heterocycles. The number of hydrogen-bond donors (Lipinski definition) is 2. The molecule has 9 heteroatoms. The predicted molar refractivity (Wildman–Crippen MR) is 119 cm³/mol. The van der Waals surface area contributed by atoms with Crippen LogP contribution in [0, 0.1) is 19.7 Å². The molecule has 32 heavy (non-hydrogen) atoms. The lowest BCUT2D eigenvalue weighted by molar-refractivity contribution is 0.0976. The second kappa shape index (κ2) is 9.09. The van der Waals surface area contributed by atoms with Crippen molar-refractivity contribution in [2.75, 3.05) is 18.5 Å². The first-order chi connectivity index (χ1) is 15.4. The SMILES string of the molecule is Cc1nn(C)c(C)c1CN=C(NC(=O)c1cccc(F)c1)Nc1ccc2c(c1)OCCO2. The third-order valence-electron chi connectivity index (χ3n) is 5.18. The smallest absolute Gasteiger partial charge is 0.258 e. The summed E-state index contributed by atoms with van der Waals surface area (Å²) in [4.78, 5) is 17.3. The van der Waals surface area contributed by atoms with Crippen LogP contribution in [0.4, 0.5) is 10.1 Å². The topological polar surface area (TPSA) is 89.8 Å². The van der Waals surface area contributed by atoms with Crippen molar-refractivity contribution in [3.05, 3.63) is 70.8 Å². The fourth-order valence-corrected chi connectivity index (χ4v) is 3.38. The molecule has 0 saturated carbocycles. The van der Waals surface area contributed by atoms with Crippen LogP contribution in [0.1, 0.15) is 27.3 Å². The second-order valence-electron chi connectivity index (χ2n) is 7.39. The van der Waals surface area contributed by atoms with Gasteiger partial charge in [-0.1, -0.05) is 6.07 Å². The van der Waals surface area contributed by atoms with Gasteiger partial charge in [0.1, 0.15) is 19.0 Å². The van der Waals surface area contributed by atoms with Gasteiger partial charge in [0, 0.05) is 35.6 Å². The van der Waals surface area contributed by atoms with Crippen molar-refractivity contribution in [2.24, 2.45) is 12.0 Å². The van der Waals surface area contributed by atoms with E-state index in [9.17, 15) is 9.18 Å². The van der Waals surface area contributed by atoms with Crippen molar-refractivity contribution in [2.45, 2.75) is 20.4 Å². The van der Waals surface area contributed by atoms with Gasteiger partial charge >= 0.3 is 0 Å². The first kappa shape index (κ1) is 21.4. The van der Waals surface area contributed by atoms with Crippen LogP contribution in [-0.2, 0) is 13.6 Å². The molecule has 1 aliphatic rings. The zero-order chi connectivity index (χ0) is 22.7. The molecule has 1 amide bonds. The number of hydrogen-bond acceptors (Lipinski definition) is 5. The summed E-state index contributed by atoms with van der Waals surface area (Å²) in [6.45, 7) is 5.15. The maximum Gasteiger partial charge on any atom is 0.258 e. The molecule has 8 nitrogen and oxygen atoms in total. The molecule has 0 fully saturated rings. The Balaban J connectivity index is 1.60. The summed E-state index contributed by atoms with van der Waals surface area (Å²) in [5, 5.41) is 10.3. The number of ether oxygens (including phenoxy) is 2. The highest BCUT2D eigenvalue weighted by Crippen LogP contribution is 2.32. The van der Waals surface area contributed by atoms with Crippen LogP contribution in [0.2, 0.25) is 0 Å². The number of guanidine groups is 1. The molecule has 0 spiro atoms. The van der Waals surface area contributed by atoms with Crippen molar-refractivity contribution >= 4 is 17.6 Å². The van der Waals surface area contributed by atoms with E-state index in [2.05, 4.69) is 20.7 Å². The van der Waals surface area contributed by atoms with E-state index in [-0.39, 0.29) is 11.5 Å². The summed E-state index contributed by atoms with van der Waals surface area (Å²) in [5.41, 5.74) is 3.67. The molecule has 1 aliphatic heterocycles. The number of anilines is 1. The number of aryl methyl sites for hydroxylation is 2. The van der Waals surface area contributed by atoms with Crippen molar-refractivity contribution in [3.8, 4) is 11.5 Å². The highest BCUT2D eigenvalue weighted by atomic mass is 19.1. The lowest BCUT2D eigenvalue weighted by Gasteiger charge is -2.19. The number of carbonyl (C=O) groups is 1. The Bertz CT molecular complexity index is 1190. The van der Waals surface area contributed by atoms with Crippen LogP contribution >= 0.6 is 0 Å². The van der Waals surface area contributed by atoms with Crippen molar-refractivity contribution in [1.29, 1.82) is 0 Å². The fraction of sp³-hybridized carbons (Fsp3) is 0.261. The summed E-state index contributed by atoms with van der Waals surface area (Å²) in [6, 6.07) is 10.8. The molecular weight excluding hydrogens is 413 g/mol. The van der Waals surface area contributed by atoms with E-state index >= 15 is 0 Å². The van der Waals surface area contributed by atoms with Gasteiger partial charge in [0.05, 0.1) is 12.2 Å². The molecule has 0 aliphatic carbocycles. The molecule has 0 bridgehead atoms. The van der Waals surface area contributed by atoms with Crippen molar-refractivity contribution in [1.82, 2.24) is 15.1 Å². The number of rotatable bonds is 4. The van der Waals surface area contributed by atoms with Gasteiger partial charge in [-0.05, 0) is 44.2 Å². The van der Waals surface area contributed by atoms with E-state index in [1.165, 1.54) is 24.3 Å². The van der Waals surface area contributed by atoms with E-state index < -0.39 is 11.7 Å². The number of aliphatic imine (C=N–C) groups is 1. The van der Waals surface area contributed by atoms with Crippen LogP contribution < -0.4 is 20.1 Å². The Morgan fingerprint density at radius 3 is 2.66 bits per heavy atom. The summed E-state index contributed by atoms with van der Waals surface area (Å²) in [6.07, 6.45) is 0. The van der Waals surface area contributed by atoms with Crippen LogP contribution in [0.3, 0.4) is 0 Å². The number of fused-ring (bicyclic) bond motifs is 1. The van der Waals surface area contributed by atoms with Gasteiger partial charge in [0.25, 0.3) is 5.91 Å². The minimum Gasteiger partial charge on any atom is -0.486 e. The Hall–Kier alpha value is -3.88. The van der Waals surface area contributed by atoms with E-state index in [1.54, 1.807) is 22.9 Å². The molecule has 2 heterocycles. The molecule has 3 aromatic rings. The predicted octanol–water partition coefficient (Wildman–Crippen LogP) is 3.35. The number of carbonyl (C=O) groups excluding carboxylic acids is 1. The maximum absolute atomic E-state index is 13.6. The number of halogens is 1. The van der Waals surface area contributed by atoms with Gasteiger partial charge in [0.2, 0.25) is 5.96 Å². The molecule has 4 rings (SSSR count). The molecule has 0 radical (unpaired) electrons. The zero-order valence-electron chi connectivity index (χ0n) is 18.1. The third-order valence-corrected chi connectivity index (χ3v) is 5.18. The normalized spacial score (nSPS) is 13.1. The van der Waals surface area contributed by atoms with E-state index in [0.29, 0.717) is 36.9 Å². The average molecular weight is 437 g/mol. The van der Waals surface area contributed by atoms with Gasteiger partial charge in [0.15, 0.2) is 11.5 Å². The average Bonchev–Trinajstić information content (AvgIpc) is 3.02. The monoisotopic (exact) mass is 437 g/mol. The largest absolute Gasteiger partial charge is 0.486 e.